The molecule has 1 aromatic carbocycles. The summed E-state index contributed by atoms with van der Waals surface area (Å²) in [5.41, 5.74) is 1.45. The lowest BCUT2D eigenvalue weighted by atomic mass is 10.1. The summed E-state index contributed by atoms with van der Waals surface area (Å²) in [5, 5.41) is 7.51. The number of hydrogen-bond donors (Lipinski definition) is 1. The molecule has 5 heteroatoms. The molecule has 0 saturated carbocycles. The van der Waals surface area contributed by atoms with Gasteiger partial charge in [0.15, 0.2) is 0 Å². The highest BCUT2D eigenvalue weighted by molar-refractivity contribution is 5.96. The zero-order chi connectivity index (χ0) is 14.5. The number of carbonyl (C=O) groups is 1. The van der Waals surface area contributed by atoms with Crippen molar-refractivity contribution in [3.05, 3.63) is 48.3 Å². The molecule has 0 amide bonds. The monoisotopic (exact) mass is 285 g/mol. The Hall–Kier alpha value is -1.98. The van der Waals surface area contributed by atoms with Crippen LogP contribution in [0.5, 0.6) is 0 Å². The number of ketones is 1. The highest BCUT2D eigenvalue weighted by Gasteiger charge is 2.18. The molecule has 1 aromatic heterocycles. The van der Waals surface area contributed by atoms with Gasteiger partial charge in [0.2, 0.25) is 5.78 Å². The number of piperidine rings is 1. The Bertz CT molecular complexity index is 589. The lowest BCUT2D eigenvalue weighted by Gasteiger charge is -2.22. The van der Waals surface area contributed by atoms with Gasteiger partial charge in [-0.05, 0) is 44.1 Å². The van der Waals surface area contributed by atoms with Crippen LogP contribution < -0.4 is 5.32 Å². The largest absolute Gasteiger partial charge is 0.370 e. The highest BCUT2D eigenvalue weighted by Crippen LogP contribution is 2.12. The molecule has 0 spiro atoms. The van der Waals surface area contributed by atoms with E-state index >= 15 is 0 Å². The predicted molar refractivity (Wildman–Crippen MR) is 79.7 cm³/mol. The number of para-hydroxylation sites is 1. The van der Waals surface area contributed by atoms with E-state index in [0.717, 1.165) is 31.6 Å². The van der Waals surface area contributed by atoms with E-state index < -0.39 is 0 Å². The topological polar surface area (TPSA) is 56.1 Å². The molecule has 110 valence electrons. The van der Waals surface area contributed by atoms with Crippen molar-refractivity contribution in [1.29, 1.82) is 0 Å². The van der Waals surface area contributed by atoms with Crippen molar-refractivity contribution in [3.63, 3.8) is 0 Å². The number of rotatable bonds is 5. The summed E-state index contributed by atoms with van der Waals surface area (Å²) in [7, 11) is 0. The van der Waals surface area contributed by atoms with Crippen molar-refractivity contribution in [3.8, 4) is 5.69 Å². The van der Waals surface area contributed by atoms with Crippen LogP contribution in [0.25, 0.3) is 5.69 Å². The number of aromatic nitrogens is 2. The number of hydrogen-bond acceptors (Lipinski definition) is 4. The van der Waals surface area contributed by atoms with Gasteiger partial charge in [-0.25, -0.2) is 4.68 Å². The van der Waals surface area contributed by atoms with E-state index in [1.807, 2.05) is 30.3 Å². The molecule has 2 heterocycles. The third-order valence-electron chi connectivity index (χ3n) is 3.67. The molecule has 1 aliphatic heterocycles. The Morgan fingerprint density at radius 1 is 1.24 bits per heavy atom. The van der Waals surface area contributed by atoms with Crippen LogP contribution in [0.1, 0.15) is 23.3 Å². The average molecular weight is 285 g/mol. The number of Topliss-reactive ketones (excluding diaryl/α,β-unsaturated/α-hetero) is 1. The van der Waals surface area contributed by atoms with Crippen molar-refractivity contribution in [2.45, 2.75) is 18.9 Å². The third-order valence-corrected chi connectivity index (χ3v) is 3.67. The lowest BCUT2D eigenvalue weighted by Crippen LogP contribution is -2.33. The van der Waals surface area contributed by atoms with Gasteiger partial charge in [0.25, 0.3) is 0 Å². The predicted octanol–water partition coefficient (Wildman–Crippen LogP) is 1.82. The van der Waals surface area contributed by atoms with Crippen LogP contribution >= 0.6 is 0 Å². The molecule has 0 aliphatic carbocycles. The highest BCUT2D eigenvalue weighted by atomic mass is 16.5. The smallest absolute Gasteiger partial charge is 0.206 e. The Kier molecular flexibility index (Phi) is 4.43. The Balaban J connectivity index is 1.66. The molecule has 21 heavy (non-hydrogen) atoms. The fourth-order valence-electron chi connectivity index (χ4n) is 2.52. The van der Waals surface area contributed by atoms with Gasteiger partial charge in [-0.2, -0.15) is 5.10 Å². The van der Waals surface area contributed by atoms with Gasteiger partial charge in [-0.1, -0.05) is 18.2 Å². The number of carbonyl (C=O) groups excluding carboxylic acids is 1. The Morgan fingerprint density at radius 2 is 2.00 bits per heavy atom. The molecule has 0 radical (unpaired) electrons. The maximum absolute atomic E-state index is 12.3. The van der Waals surface area contributed by atoms with E-state index in [2.05, 4.69) is 10.4 Å². The zero-order valence-electron chi connectivity index (χ0n) is 11.9. The summed E-state index contributed by atoms with van der Waals surface area (Å²) in [6.07, 6.45) is 3.75. The zero-order valence-corrected chi connectivity index (χ0v) is 11.9. The molecule has 5 nitrogen and oxygen atoms in total. The molecule has 1 aliphatic rings. The minimum Gasteiger partial charge on any atom is -0.370 e. The minimum atomic E-state index is -0.0325. The van der Waals surface area contributed by atoms with E-state index in [0.29, 0.717) is 5.69 Å². The first-order chi connectivity index (χ1) is 10.3. The van der Waals surface area contributed by atoms with Gasteiger partial charge < -0.3 is 10.1 Å². The van der Waals surface area contributed by atoms with E-state index in [4.69, 9.17) is 4.74 Å². The Morgan fingerprint density at radius 3 is 2.76 bits per heavy atom. The summed E-state index contributed by atoms with van der Waals surface area (Å²) in [6, 6.07) is 11.4. The number of nitrogens with zero attached hydrogens (tertiary/aromatic N) is 2. The van der Waals surface area contributed by atoms with Crippen molar-refractivity contribution in [2.24, 2.45) is 0 Å². The second-order valence-electron chi connectivity index (χ2n) is 5.15. The van der Waals surface area contributed by atoms with Crippen molar-refractivity contribution in [2.75, 3.05) is 19.7 Å². The molecule has 0 bridgehead atoms. The van der Waals surface area contributed by atoms with Gasteiger partial charge in [0.05, 0.1) is 18.0 Å². The average Bonchev–Trinajstić information content (AvgIpc) is 3.04. The van der Waals surface area contributed by atoms with Gasteiger partial charge in [0.1, 0.15) is 12.3 Å². The second kappa shape index (κ2) is 6.65. The molecule has 1 saturated heterocycles. The summed E-state index contributed by atoms with van der Waals surface area (Å²) in [6.45, 7) is 2.03. The fraction of sp³-hybridized carbons (Fsp3) is 0.375. The van der Waals surface area contributed by atoms with Gasteiger partial charge >= 0.3 is 0 Å². The van der Waals surface area contributed by atoms with Gasteiger partial charge in [-0.15, -0.1) is 0 Å². The molecular weight excluding hydrogens is 266 g/mol. The first-order valence-electron chi connectivity index (χ1n) is 7.29. The van der Waals surface area contributed by atoms with Crippen LogP contribution in [0.3, 0.4) is 0 Å². The standard InChI is InChI=1S/C16H19N3O2/c20-16(12-21-14-6-9-17-10-7-14)15-8-11-18-19(15)13-4-2-1-3-5-13/h1-5,8,11,14,17H,6-7,9-10,12H2. The molecule has 0 unspecified atom stereocenters. The summed E-state index contributed by atoms with van der Waals surface area (Å²) in [5.74, 6) is -0.0325. The lowest BCUT2D eigenvalue weighted by molar-refractivity contribution is 0.0313. The minimum absolute atomic E-state index is 0.0325. The molecular formula is C16H19N3O2. The van der Waals surface area contributed by atoms with Crippen LogP contribution in [-0.4, -0.2) is 41.4 Å². The van der Waals surface area contributed by atoms with Gasteiger partial charge in [-0.3, -0.25) is 4.79 Å². The number of benzene rings is 1. The molecule has 2 aromatic rings. The van der Waals surface area contributed by atoms with Crippen LogP contribution in [0.4, 0.5) is 0 Å². The summed E-state index contributed by atoms with van der Waals surface area (Å²) in [4.78, 5) is 12.3. The SMILES string of the molecule is O=C(COC1CCNCC1)c1ccnn1-c1ccccc1. The number of ether oxygens (including phenoxy) is 1. The normalized spacial score (nSPS) is 16.0. The number of nitrogens with one attached hydrogen (secondary N) is 1. The molecule has 3 rings (SSSR count). The second-order valence-corrected chi connectivity index (χ2v) is 5.15. The first kappa shape index (κ1) is 14.0. The first-order valence-corrected chi connectivity index (χ1v) is 7.29. The fourth-order valence-corrected chi connectivity index (χ4v) is 2.52. The van der Waals surface area contributed by atoms with E-state index in [9.17, 15) is 4.79 Å². The van der Waals surface area contributed by atoms with Crippen LogP contribution in [0.2, 0.25) is 0 Å². The molecule has 1 fully saturated rings. The van der Waals surface area contributed by atoms with Gasteiger partial charge in [0, 0.05) is 0 Å². The van der Waals surface area contributed by atoms with Crippen molar-refractivity contribution < 1.29 is 9.53 Å². The molecule has 1 N–H and O–H groups in total. The van der Waals surface area contributed by atoms with Crippen molar-refractivity contribution >= 4 is 5.78 Å². The van der Waals surface area contributed by atoms with Crippen molar-refractivity contribution in [1.82, 2.24) is 15.1 Å². The molecule has 0 atom stereocenters. The van der Waals surface area contributed by atoms with E-state index in [1.54, 1.807) is 16.9 Å². The maximum atomic E-state index is 12.3. The third kappa shape index (κ3) is 3.37. The Labute approximate surface area is 123 Å². The van der Waals surface area contributed by atoms with Crippen LogP contribution in [-0.2, 0) is 4.74 Å². The summed E-state index contributed by atoms with van der Waals surface area (Å²) < 4.78 is 7.39. The van der Waals surface area contributed by atoms with E-state index in [-0.39, 0.29) is 18.5 Å². The maximum Gasteiger partial charge on any atom is 0.206 e. The quantitative estimate of drug-likeness (QED) is 0.851. The summed E-state index contributed by atoms with van der Waals surface area (Å²) >= 11 is 0. The van der Waals surface area contributed by atoms with E-state index in [1.165, 1.54) is 0 Å². The van der Waals surface area contributed by atoms with Crippen LogP contribution in [0, 0.1) is 0 Å². The van der Waals surface area contributed by atoms with Crippen LogP contribution in [0.15, 0.2) is 42.6 Å².